The number of rotatable bonds is 5. The molecule has 1 fully saturated rings. The largest absolute Gasteiger partial charge is 0.450 e. The van der Waals surface area contributed by atoms with E-state index in [4.69, 9.17) is 4.74 Å². The third-order valence-corrected chi connectivity index (χ3v) is 5.13. The first-order valence-electron chi connectivity index (χ1n) is 9.85. The molecule has 154 valence electrons. The first kappa shape index (κ1) is 20.6. The molecular weight excluding hydrogens is 370 g/mol. The standard InChI is InChI=1S/C21H27N5O3/c1-4-29-21(28)26-10-8-16(9-11-26)24-19-12-18(22-13-23-19)20(27)25-17-7-5-6-14(2)15(17)3/h5-7,12-13,16H,4,8-11H2,1-3H3,(H,25,27)(H,22,23,24). The molecule has 1 aromatic carbocycles. The van der Waals surface area contributed by atoms with Crippen LogP contribution >= 0.6 is 0 Å². The number of aromatic nitrogens is 2. The number of benzene rings is 1. The van der Waals surface area contributed by atoms with Gasteiger partial charge in [0.1, 0.15) is 17.8 Å². The molecule has 2 aromatic rings. The van der Waals surface area contributed by atoms with Crippen molar-refractivity contribution < 1.29 is 14.3 Å². The normalized spacial score (nSPS) is 14.4. The summed E-state index contributed by atoms with van der Waals surface area (Å²) in [6.45, 7) is 7.41. The van der Waals surface area contributed by atoms with Gasteiger partial charge in [-0.15, -0.1) is 0 Å². The van der Waals surface area contributed by atoms with Gasteiger partial charge in [0.2, 0.25) is 0 Å². The van der Waals surface area contributed by atoms with E-state index < -0.39 is 0 Å². The minimum atomic E-state index is -0.277. The quantitative estimate of drug-likeness (QED) is 0.803. The molecule has 8 heteroatoms. The highest BCUT2D eigenvalue weighted by molar-refractivity contribution is 6.03. The van der Waals surface area contributed by atoms with Crippen LogP contribution in [0.2, 0.25) is 0 Å². The number of carbonyl (C=O) groups excluding carboxylic acids is 2. The van der Waals surface area contributed by atoms with Crippen LogP contribution in [0.5, 0.6) is 0 Å². The van der Waals surface area contributed by atoms with Crippen molar-refractivity contribution in [3.05, 3.63) is 47.4 Å². The smallest absolute Gasteiger partial charge is 0.409 e. The first-order chi connectivity index (χ1) is 14.0. The lowest BCUT2D eigenvalue weighted by Gasteiger charge is -2.31. The van der Waals surface area contributed by atoms with Gasteiger partial charge in [0.05, 0.1) is 6.61 Å². The summed E-state index contributed by atoms with van der Waals surface area (Å²) >= 11 is 0. The van der Waals surface area contributed by atoms with Crippen molar-refractivity contribution in [1.29, 1.82) is 0 Å². The molecule has 0 saturated carbocycles. The van der Waals surface area contributed by atoms with Crippen LogP contribution in [0, 0.1) is 13.8 Å². The molecular formula is C21H27N5O3. The Morgan fingerprint density at radius 3 is 2.69 bits per heavy atom. The summed E-state index contributed by atoms with van der Waals surface area (Å²) in [6.07, 6.45) is 2.69. The predicted molar refractivity (Wildman–Crippen MR) is 111 cm³/mol. The van der Waals surface area contributed by atoms with Crippen LogP contribution in [0.3, 0.4) is 0 Å². The Morgan fingerprint density at radius 1 is 1.21 bits per heavy atom. The van der Waals surface area contributed by atoms with Gasteiger partial charge in [-0.3, -0.25) is 4.79 Å². The van der Waals surface area contributed by atoms with Crippen molar-refractivity contribution >= 4 is 23.5 Å². The number of hydrogen-bond acceptors (Lipinski definition) is 6. The highest BCUT2D eigenvalue weighted by Crippen LogP contribution is 2.20. The van der Waals surface area contributed by atoms with Gasteiger partial charge in [0, 0.05) is 30.9 Å². The number of amides is 2. The van der Waals surface area contributed by atoms with E-state index in [1.807, 2.05) is 32.0 Å². The molecule has 1 aliphatic heterocycles. The third-order valence-electron chi connectivity index (χ3n) is 5.13. The second-order valence-corrected chi connectivity index (χ2v) is 7.09. The molecule has 0 aliphatic carbocycles. The molecule has 29 heavy (non-hydrogen) atoms. The van der Waals surface area contributed by atoms with Crippen LogP contribution in [0.15, 0.2) is 30.6 Å². The lowest BCUT2D eigenvalue weighted by Crippen LogP contribution is -2.42. The van der Waals surface area contributed by atoms with E-state index in [-0.39, 0.29) is 18.0 Å². The van der Waals surface area contributed by atoms with E-state index >= 15 is 0 Å². The molecule has 2 amide bonds. The minimum Gasteiger partial charge on any atom is -0.450 e. The summed E-state index contributed by atoms with van der Waals surface area (Å²) in [6, 6.07) is 7.61. The molecule has 1 aromatic heterocycles. The van der Waals surface area contributed by atoms with Gasteiger partial charge in [0.25, 0.3) is 5.91 Å². The summed E-state index contributed by atoms with van der Waals surface area (Å²) in [5.74, 6) is 0.321. The molecule has 0 atom stereocenters. The van der Waals surface area contributed by atoms with Crippen LogP contribution in [-0.2, 0) is 4.74 Å². The van der Waals surface area contributed by atoms with Crippen molar-refractivity contribution in [2.24, 2.45) is 0 Å². The Labute approximate surface area is 170 Å². The lowest BCUT2D eigenvalue weighted by atomic mass is 10.1. The van der Waals surface area contributed by atoms with E-state index in [9.17, 15) is 9.59 Å². The maximum Gasteiger partial charge on any atom is 0.409 e. The molecule has 0 radical (unpaired) electrons. The lowest BCUT2D eigenvalue weighted by molar-refractivity contribution is 0.0980. The predicted octanol–water partition coefficient (Wildman–Crippen LogP) is 3.38. The zero-order chi connectivity index (χ0) is 20.8. The summed E-state index contributed by atoms with van der Waals surface area (Å²) < 4.78 is 5.04. The Morgan fingerprint density at radius 2 is 1.97 bits per heavy atom. The Hall–Kier alpha value is -3.16. The second kappa shape index (κ2) is 9.36. The molecule has 1 aliphatic rings. The Balaban J connectivity index is 1.59. The van der Waals surface area contributed by atoms with Crippen molar-refractivity contribution in [3.8, 4) is 0 Å². The average Bonchev–Trinajstić information content (AvgIpc) is 2.72. The number of nitrogens with one attached hydrogen (secondary N) is 2. The second-order valence-electron chi connectivity index (χ2n) is 7.09. The number of piperidine rings is 1. The number of ether oxygens (including phenoxy) is 1. The molecule has 0 bridgehead atoms. The monoisotopic (exact) mass is 397 g/mol. The van der Waals surface area contributed by atoms with Crippen LogP contribution in [0.25, 0.3) is 0 Å². The van der Waals surface area contributed by atoms with Crippen molar-refractivity contribution in [2.75, 3.05) is 30.3 Å². The van der Waals surface area contributed by atoms with Gasteiger partial charge >= 0.3 is 6.09 Å². The van der Waals surface area contributed by atoms with Crippen molar-refractivity contribution in [3.63, 3.8) is 0 Å². The third kappa shape index (κ3) is 5.22. The van der Waals surface area contributed by atoms with E-state index in [2.05, 4.69) is 20.6 Å². The molecule has 2 heterocycles. The molecule has 2 N–H and O–H groups in total. The van der Waals surface area contributed by atoms with Gasteiger partial charge in [0.15, 0.2) is 0 Å². The fourth-order valence-corrected chi connectivity index (χ4v) is 3.26. The number of anilines is 2. The molecule has 1 saturated heterocycles. The number of hydrogen-bond donors (Lipinski definition) is 2. The van der Waals surface area contributed by atoms with Crippen LogP contribution in [0.4, 0.5) is 16.3 Å². The summed E-state index contributed by atoms with van der Waals surface area (Å²) in [7, 11) is 0. The number of likely N-dealkylation sites (tertiary alicyclic amines) is 1. The van der Waals surface area contributed by atoms with Crippen LogP contribution in [-0.4, -0.2) is 52.6 Å². The maximum absolute atomic E-state index is 12.6. The highest BCUT2D eigenvalue weighted by atomic mass is 16.6. The SMILES string of the molecule is CCOC(=O)N1CCC(Nc2cc(C(=O)Nc3cccc(C)c3C)ncn2)CC1. The topological polar surface area (TPSA) is 96.5 Å². The summed E-state index contributed by atoms with van der Waals surface area (Å²) in [4.78, 5) is 34.5. The van der Waals surface area contributed by atoms with Gasteiger partial charge in [-0.1, -0.05) is 12.1 Å². The first-order valence-corrected chi connectivity index (χ1v) is 9.85. The fraction of sp³-hybridized carbons (Fsp3) is 0.429. The van der Waals surface area contributed by atoms with Crippen LogP contribution < -0.4 is 10.6 Å². The number of carbonyl (C=O) groups is 2. The summed E-state index contributed by atoms with van der Waals surface area (Å²) in [5.41, 5.74) is 3.21. The fourth-order valence-electron chi connectivity index (χ4n) is 3.26. The van der Waals surface area contributed by atoms with E-state index in [0.717, 1.165) is 29.7 Å². The summed E-state index contributed by atoms with van der Waals surface area (Å²) in [5, 5.41) is 6.26. The molecule has 8 nitrogen and oxygen atoms in total. The average molecular weight is 397 g/mol. The Bertz CT molecular complexity index is 878. The van der Waals surface area contributed by atoms with E-state index in [1.165, 1.54) is 6.33 Å². The zero-order valence-corrected chi connectivity index (χ0v) is 17.1. The number of aryl methyl sites for hydroxylation is 1. The molecule has 0 unspecified atom stereocenters. The van der Waals surface area contributed by atoms with Crippen molar-refractivity contribution in [1.82, 2.24) is 14.9 Å². The van der Waals surface area contributed by atoms with Gasteiger partial charge in [-0.05, 0) is 50.8 Å². The molecule has 3 rings (SSSR count). The van der Waals surface area contributed by atoms with E-state index in [0.29, 0.717) is 31.2 Å². The van der Waals surface area contributed by atoms with Gasteiger partial charge in [-0.2, -0.15) is 0 Å². The van der Waals surface area contributed by atoms with Gasteiger partial charge < -0.3 is 20.3 Å². The highest BCUT2D eigenvalue weighted by Gasteiger charge is 2.24. The Kier molecular flexibility index (Phi) is 6.64. The van der Waals surface area contributed by atoms with Gasteiger partial charge in [-0.25, -0.2) is 14.8 Å². The minimum absolute atomic E-state index is 0.172. The van der Waals surface area contributed by atoms with E-state index in [1.54, 1.807) is 17.9 Å². The van der Waals surface area contributed by atoms with Crippen molar-refractivity contribution in [2.45, 2.75) is 39.7 Å². The van der Waals surface area contributed by atoms with Crippen LogP contribution in [0.1, 0.15) is 41.4 Å². The zero-order valence-electron chi connectivity index (χ0n) is 17.1. The number of nitrogens with zero attached hydrogens (tertiary/aromatic N) is 3. The molecule has 0 spiro atoms. The maximum atomic E-state index is 12.6.